The molecule has 1 unspecified atom stereocenters. The number of rotatable bonds is 8. The topological polar surface area (TPSA) is 12.0 Å². The Labute approximate surface area is 90.7 Å². The standard InChI is InChI=1S/C13H29N/c1-6-13(7-2)14-12(5)10-8-9-11(3)4/h11-14H,6-10H2,1-5H3. The number of hydrogen-bond acceptors (Lipinski definition) is 1. The molecule has 0 fully saturated rings. The first kappa shape index (κ1) is 14.0. The molecule has 1 nitrogen and oxygen atoms in total. The molecule has 0 heterocycles. The molecule has 0 bridgehead atoms. The Kier molecular flexibility index (Phi) is 8.26. The maximum atomic E-state index is 3.69. The van der Waals surface area contributed by atoms with Crippen molar-refractivity contribution in [2.24, 2.45) is 5.92 Å². The van der Waals surface area contributed by atoms with Gasteiger partial charge in [-0.3, -0.25) is 0 Å². The molecular weight excluding hydrogens is 170 g/mol. The summed E-state index contributed by atoms with van der Waals surface area (Å²) in [5.74, 6) is 0.857. The second-order valence-corrected chi connectivity index (χ2v) is 4.91. The van der Waals surface area contributed by atoms with Crippen molar-refractivity contribution in [1.29, 1.82) is 0 Å². The van der Waals surface area contributed by atoms with E-state index in [4.69, 9.17) is 0 Å². The molecule has 0 aliphatic rings. The van der Waals surface area contributed by atoms with Crippen LogP contribution in [0.2, 0.25) is 0 Å². The summed E-state index contributed by atoms with van der Waals surface area (Å²) in [4.78, 5) is 0. The van der Waals surface area contributed by atoms with Crippen molar-refractivity contribution in [3.05, 3.63) is 0 Å². The minimum absolute atomic E-state index is 0.693. The Balaban J connectivity index is 3.48. The van der Waals surface area contributed by atoms with Gasteiger partial charge >= 0.3 is 0 Å². The Morgan fingerprint density at radius 3 is 1.93 bits per heavy atom. The van der Waals surface area contributed by atoms with Gasteiger partial charge in [-0.15, -0.1) is 0 Å². The third-order valence-corrected chi connectivity index (χ3v) is 2.92. The lowest BCUT2D eigenvalue weighted by atomic mass is 10.0. The van der Waals surface area contributed by atoms with Gasteiger partial charge in [0, 0.05) is 12.1 Å². The molecule has 0 aliphatic heterocycles. The lowest BCUT2D eigenvalue weighted by Crippen LogP contribution is -2.35. The van der Waals surface area contributed by atoms with E-state index >= 15 is 0 Å². The highest BCUT2D eigenvalue weighted by atomic mass is 14.9. The van der Waals surface area contributed by atoms with Gasteiger partial charge in [-0.1, -0.05) is 40.5 Å². The molecule has 0 saturated heterocycles. The van der Waals surface area contributed by atoms with Crippen LogP contribution in [-0.2, 0) is 0 Å². The zero-order valence-corrected chi connectivity index (χ0v) is 10.8. The molecule has 0 radical (unpaired) electrons. The fraction of sp³-hybridized carbons (Fsp3) is 1.00. The zero-order chi connectivity index (χ0) is 11.0. The van der Waals surface area contributed by atoms with Gasteiger partial charge in [-0.25, -0.2) is 0 Å². The average molecular weight is 199 g/mol. The van der Waals surface area contributed by atoms with E-state index in [9.17, 15) is 0 Å². The minimum Gasteiger partial charge on any atom is -0.312 e. The van der Waals surface area contributed by atoms with E-state index in [1.54, 1.807) is 0 Å². The molecular formula is C13H29N. The predicted octanol–water partition coefficient (Wildman–Crippen LogP) is 3.98. The molecule has 0 aliphatic carbocycles. The van der Waals surface area contributed by atoms with E-state index in [1.165, 1.54) is 32.1 Å². The predicted molar refractivity (Wildman–Crippen MR) is 65.7 cm³/mol. The summed E-state index contributed by atoms with van der Waals surface area (Å²) >= 11 is 0. The molecule has 0 aromatic carbocycles. The van der Waals surface area contributed by atoms with Crippen molar-refractivity contribution >= 4 is 0 Å². The molecule has 0 amide bonds. The lowest BCUT2D eigenvalue weighted by Gasteiger charge is -2.21. The zero-order valence-electron chi connectivity index (χ0n) is 10.8. The third kappa shape index (κ3) is 7.37. The summed E-state index contributed by atoms with van der Waals surface area (Å²) in [6, 6.07) is 1.42. The van der Waals surface area contributed by atoms with Crippen LogP contribution in [0, 0.1) is 5.92 Å². The fourth-order valence-corrected chi connectivity index (χ4v) is 1.84. The van der Waals surface area contributed by atoms with E-state index in [0.717, 1.165) is 12.0 Å². The van der Waals surface area contributed by atoms with E-state index in [0.29, 0.717) is 6.04 Å². The van der Waals surface area contributed by atoms with Gasteiger partial charge in [0.2, 0.25) is 0 Å². The summed E-state index contributed by atoms with van der Waals surface area (Å²) < 4.78 is 0. The van der Waals surface area contributed by atoms with Crippen molar-refractivity contribution in [3.8, 4) is 0 Å². The number of hydrogen-bond donors (Lipinski definition) is 1. The molecule has 1 atom stereocenters. The van der Waals surface area contributed by atoms with Crippen LogP contribution in [0.3, 0.4) is 0 Å². The largest absolute Gasteiger partial charge is 0.312 e. The molecule has 1 heteroatoms. The van der Waals surface area contributed by atoms with E-state index in [1.807, 2.05) is 0 Å². The minimum atomic E-state index is 0.693. The monoisotopic (exact) mass is 199 g/mol. The van der Waals surface area contributed by atoms with Gasteiger partial charge in [0.15, 0.2) is 0 Å². The molecule has 1 N–H and O–H groups in total. The first-order valence-corrected chi connectivity index (χ1v) is 6.36. The van der Waals surface area contributed by atoms with Gasteiger partial charge in [0.25, 0.3) is 0 Å². The van der Waals surface area contributed by atoms with Gasteiger partial charge in [-0.05, 0) is 32.1 Å². The molecule has 0 aromatic heterocycles. The summed E-state index contributed by atoms with van der Waals surface area (Å²) in [6.07, 6.45) is 6.58. The highest BCUT2D eigenvalue weighted by Crippen LogP contribution is 2.09. The second-order valence-electron chi connectivity index (χ2n) is 4.91. The maximum Gasteiger partial charge on any atom is 0.00642 e. The van der Waals surface area contributed by atoms with Crippen LogP contribution in [0.5, 0.6) is 0 Å². The van der Waals surface area contributed by atoms with Crippen LogP contribution in [0.1, 0.15) is 66.7 Å². The molecule has 86 valence electrons. The highest BCUT2D eigenvalue weighted by Gasteiger charge is 2.07. The third-order valence-electron chi connectivity index (χ3n) is 2.92. The van der Waals surface area contributed by atoms with Crippen LogP contribution in [0.25, 0.3) is 0 Å². The van der Waals surface area contributed by atoms with Gasteiger partial charge in [-0.2, -0.15) is 0 Å². The molecule has 0 aromatic rings. The Morgan fingerprint density at radius 2 is 1.50 bits per heavy atom. The van der Waals surface area contributed by atoms with Crippen molar-refractivity contribution < 1.29 is 0 Å². The lowest BCUT2D eigenvalue weighted by molar-refractivity contribution is 0.390. The first-order valence-electron chi connectivity index (χ1n) is 6.36. The highest BCUT2D eigenvalue weighted by molar-refractivity contribution is 4.68. The van der Waals surface area contributed by atoms with Crippen LogP contribution in [0.4, 0.5) is 0 Å². The summed E-state index contributed by atoms with van der Waals surface area (Å²) in [7, 11) is 0. The van der Waals surface area contributed by atoms with E-state index in [2.05, 4.69) is 39.9 Å². The molecule has 14 heavy (non-hydrogen) atoms. The number of nitrogens with one attached hydrogen (secondary N) is 1. The summed E-state index contributed by atoms with van der Waals surface area (Å²) in [6.45, 7) is 11.5. The van der Waals surface area contributed by atoms with Crippen molar-refractivity contribution in [1.82, 2.24) is 5.32 Å². The van der Waals surface area contributed by atoms with E-state index < -0.39 is 0 Å². The molecule has 0 rings (SSSR count). The van der Waals surface area contributed by atoms with Crippen LogP contribution in [-0.4, -0.2) is 12.1 Å². The van der Waals surface area contributed by atoms with Gasteiger partial charge in [0.05, 0.1) is 0 Å². The summed E-state index contributed by atoms with van der Waals surface area (Å²) in [5.41, 5.74) is 0. The smallest absolute Gasteiger partial charge is 0.00642 e. The first-order chi connectivity index (χ1) is 6.60. The Hall–Kier alpha value is -0.0400. The van der Waals surface area contributed by atoms with Crippen LogP contribution < -0.4 is 5.32 Å². The van der Waals surface area contributed by atoms with Crippen molar-refractivity contribution in [3.63, 3.8) is 0 Å². The maximum absolute atomic E-state index is 3.69. The van der Waals surface area contributed by atoms with Crippen molar-refractivity contribution in [2.45, 2.75) is 78.8 Å². The van der Waals surface area contributed by atoms with Crippen molar-refractivity contribution in [2.75, 3.05) is 0 Å². The molecule has 0 saturated carbocycles. The van der Waals surface area contributed by atoms with Gasteiger partial charge in [0.1, 0.15) is 0 Å². The normalized spacial score (nSPS) is 13.9. The van der Waals surface area contributed by atoms with E-state index in [-0.39, 0.29) is 0 Å². The Bertz CT molecular complexity index is 116. The van der Waals surface area contributed by atoms with Gasteiger partial charge < -0.3 is 5.32 Å². The van der Waals surface area contributed by atoms with Crippen LogP contribution >= 0.6 is 0 Å². The summed E-state index contributed by atoms with van der Waals surface area (Å²) in [5, 5.41) is 3.69. The van der Waals surface area contributed by atoms with Crippen LogP contribution in [0.15, 0.2) is 0 Å². The fourth-order valence-electron chi connectivity index (χ4n) is 1.84. The second kappa shape index (κ2) is 8.28. The Morgan fingerprint density at radius 1 is 0.929 bits per heavy atom. The SMILES string of the molecule is CCC(CC)NC(C)CCCC(C)C. The molecule has 0 spiro atoms. The quantitative estimate of drug-likeness (QED) is 0.623. The average Bonchev–Trinajstić information content (AvgIpc) is 2.13.